The first kappa shape index (κ1) is 18.8. The summed E-state index contributed by atoms with van der Waals surface area (Å²) in [6.07, 6.45) is 0.196. The molecule has 0 aliphatic rings. The van der Waals surface area contributed by atoms with Gasteiger partial charge in [-0.1, -0.05) is 55.5 Å². The monoisotopic (exact) mass is 363 g/mol. The van der Waals surface area contributed by atoms with Crippen LogP contribution in [0.2, 0.25) is 0 Å². The van der Waals surface area contributed by atoms with Crippen LogP contribution in [0.15, 0.2) is 66.7 Å². The summed E-state index contributed by atoms with van der Waals surface area (Å²) >= 11 is 0. The van der Waals surface area contributed by atoms with Gasteiger partial charge in [-0.3, -0.25) is 4.79 Å². The highest BCUT2D eigenvalue weighted by molar-refractivity contribution is 5.89. The summed E-state index contributed by atoms with van der Waals surface area (Å²) in [6.45, 7) is 3.82. The van der Waals surface area contributed by atoms with E-state index in [1.807, 2.05) is 73.7 Å². The average Bonchev–Trinajstić information content (AvgIpc) is 2.72. The molecule has 0 spiro atoms. The number of hydrogen-bond donors (Lipinski definition) is 1. The normalized spacial score (nSPS) is 13.0. The number of fused-ring (bicyclic) bond motifs is 1. The van der Waals surface area contributed by atoms with E-state index in [-0.39, 0.29) is 11.9 Å². The maximum atomic E-state index is 12.7. The number of methoxy groups -OCH3 is 1. The lowest BCUT2D eigenvalue weighted by atomic mass is 10.0. The fourth-order valence-corrected chi connectivity index (χ4v) is 3.09. The van der Waals surface area contributed by atoms with E-state index >= 15 is 0 Å². The van der Waals surface area contributed by atoms with E-state index in [2.05, 4.69) is 5.32 Å². The molecule has 0 radical (unpaired) electrons. The predicted octanol–water partition coefficient (Wildman–Crippen LogP) is 4.88. The molecule has 0 saturated carbocycles. The molecule has 0 aromatic heterocycles. The van der Waals surface area contributed by atoms with Crippen LogP contribution in [0.1, 0.15) is 31.9 Å². The summed E-state index contributed by atoms with van der Waals surface area (Å²) in [7, 11) is 1.64. The molecular weight excluding hydrogens is 338 g/mol. The Morgan fingerprint density at radius 2 is 1.70 bits per heavy atom. The number of amides is 1. The minimum absolute atomic E-state index is 0.0676. The number of carbonyl (C=O) groups excluding carboxylic acids is 1. The second kappa shape index (κ2) is 8.58. The van der Waals surface area contributed by atoms with Crippen molar-refractivity contribution in [3.63, 3.8) is 0 Å². The molecule has 3 aromatic rings. The standard InChI is InChI=1S/C23H25NO3/c1-4-21(18-12-14-19(26-3)15-13-18)24-23(25)16(2)27-22-11-7-9-17-8-5-6-10-20(17)22/h5-16,21H,4H2,1-3H3,(H,24,25)/t16-,21+/m1/s1. The van der Waals surface area contributed by atoms with Crippen LogP contribution in [0.3, 0.4) is 0 Å². The Morgan fingerprint density at radius 3 is 2.41 bits per heavy atom. The summed E-state index contributed by atoms with van der Waals surface area (Å²) in [5.41, 5.74) is 1.05. The molecule has 3 aromatic carbocycles. The molecule has 3 rings (SSSR count). The maximum Gasteiger partial charge on any atom is 0.261 e. The highest BCUT2D eigenvalue weighted by atomic mass is 16.5. The number of hydrogen-bond acceptors (Lipinski definition) is 3. The largest absolute Gasteiger partial charge is 0.497 e. The highest BCUT2D eigenvalue weighted by Gasteiger charge is 2.20. The Labute approximate surface area is 160 Å². The predicted molar refractivity (Wildman–Crippen MR) is 108 cm³/mol. The van der Waals surface area contributed by atoms with Crippen molar-refractivity contribution >= 4 is 16.7 Å². The Hall–Kier alpha value is -3.01. The number of carbonyl (C=O) groups is 1. The molecule has 27 heavy (non-hydrogen) atoms. The molecule has 1 N–H and O–H groups in total. The van der Waals surface area contributed by atoms with Crippen LogP contribution < -0.4 is 14.8 Å². The molecule has 0 bridgehead atoms. The van der Waals surface area contributed by atoms with Crippen molar-refractivity contribution in [3.8, 4) is 11.5 Å². The van der Waals surface area contributed by atoms with Gasteiger partial charge in [0.15, 0.2) is 6.10 Å². The van der Waals surface area contributed by atoms with Gasteiger partial charge in [0.2, 0.25) is 0 Å². The molecule has 2 atom stereocenters. The fraction of sp³-hybridized carbons (Fsp3) is 0.261. The van der Waals surface area contributed by atoms with E-state index < -0.39 is 6.10 Å². The number of nitrogens with one attached hydrogen (secondary N) is 1. The van der Waals surface area contributed by atoms with E-state index in [1.54, 1.807) is 14.0 Å². The van der Waals surface area contributed by atoms with Gasteiger partial charge < -0.3 is 14.8 Å². The second-order valence-electron chi connectivity index (χ2n) is 6.48. The summed E-state index contributed by atoms with van der Waals surface area (Å²) in [5, 5.41) is 5.18. The summed E-state index contributed by atoms with van der Waals surface area (Å²) in [5.74, 6) is 1.38. The minimum atomic E-state index is -0.594. The molecule has 0 aliphatic carbocycles. The molecule has 4 heteroatoms. The van der Waals surface area contributed by atoms with E-state index in [1.165, 1.54) is 0 Å². The van der Waals surface area contributed by atoms with Gasteiger partial charge in [0.25, 0.3) is 5.91 Å². The Bertz CT molecular complexity index is 900. The van der Waals surface area contributed by atoms with Crippen molar-refractivity contribution in [2.24, 2.45) is 0 Å². The molecule has 4 nitrogen and oxygen atoms in total. The first-order valence-corrected chi connectivity index (χ1v) is 9.21. The molecule has 0 unspecified atom stereocenters. The molecule has 0 fully saturated rings. The van der Waals surface area contributed by atoms with Crippen molar-refractivity contribution in [2.75, 3.05) is 7.11 Å². The second-order valence-corrected chi connectivity index (χ2v) is 6.48. The first-order chi connectivity index (χ1) is 13.1. The van der Waals surface area contributed by atoms with Gasteiger partial charge in [0.05, 0.1) is 13.2 Å². The van der Waals surface area contributed by atoms with Gasteiger partial charge in [-0.25, -0.2) is 0 Å². The van der Waals surface area contributed by atoms with Crippen molar-refractivity contribution in [2.45, 2.75) is 32.4 Å². The number of ether oxygens (including phenoxy) is 2. The van der Waals surface area contributed by atoms with Crippen molar-refractivity contribution in [3.05, 3.63) is 72.3 Å². The molecule has 140 valence electrons. The lowest BCUT2D eigenvalue weighted by Gasteiger charge is -2.21. The smallest absolute Gasteiger partial charge is 0.261 e. The zero-order valence-corrected chi connectivity index (χ0v) is 15.9. The van der Waals surface area contributed by atoms with Gasteiger partial charge in [-0.2, -0.15) is 0 Å². The van der Waals surface area contributed by atoms with Crippen LogP contribution in [0.4, 0.5) is 0 Å². The third kappa shape index (κ3) is 4.40. The lowest BCUT2D eigenvalue weighted by molar-refractivity contribution is -0.128. The topological polar surface area (TPSA) is 47.6 Å². The summed E-state index contributed by atoms with van der Waals surface area (Å²) in [6, 6.07) is 21.5. The van der Waals surface area contributed by atoms with Crippen molar-refractivity contribution < 1.29 is 14.3 Å². The quantitative estimate of drug-likeness (QED) is 0.650. The summed E-state index contributed by atoms with van der Waals surface area (Å²) in [4.78, 5) is 12.7. The van der Waals surface area contributed by atoms with Gasteiger partial charge in [-0.05, 0) is 42.5 Å². The van der Waals surface area contributed by atoms with E-state index in [0.717, 1.165) is 28.5 Å². The zero-order chi connectivity index (χ0) is 19.2. The van der Waals surface area contributed by atoms with Crippen LogP contribution in [0.5, 0.6) is 11.5 Å². The minimum Gasteiger partial charge on any atom is -0.497 e. The maximum absolute atomic E-state index is 12.7. The van der Waals surface area contributed by atoms with Gasteiger partial charge in [-0.15, -0.1) is 0 Å². The SMILES string of the molecule is CC[C@H](NC(=O)[C@@H](C)Oc1cccc2ccccc12)c1ccc(OC)cc1. The Balaban J connectivity index is 1.70. The van der Waals surface area contributed by atoms with E-state index in [0.29, 0.717) is 5.75 Å². The van der Waals surface area contributed by atoms with Gasteiger partial charge in [0, 0.05) is 5.39 Å². The number of benzene rings is 3. The molecular formula is C23H25NO3. The Kier molecular flexibility index (Phi) is 5.97. The van der Waals surface area contributed by atoms with Crippen LogP contribution in [0.25, 0.3) is 10.8 Å². The molecule has 1 amide bonds. The molecule has 0 saturated heterocycles. The van der Waals surface area contributed by atoms with Crippen LogP contribution in [-0.2, 0) is 4.79 Å². The van der Waals surface area contributed by atoms with Crippen molar-refractivity contribution in [1.29, 1.82) is 0 Å². The Morgan fingerprint density at radius 1 is 1.00 bits per heavy atom. The van der Waals surface area contributed by atoms with Crippen LogP contribution in [0, 0.1) is 0 Å². The summed E-state index contributed by atoms with van der Waals surface area (Å²) < 4.78 is 11.2. The van der Waals surface area contributed by atoms with Crippen molar-refractivity contribution in [1.82, 2.24) is 5.32 Å². The number of rotatable bonds is 7. The lowest BCUT2D eigenvalue weighted by Crippen LogP contribution is -2.38. The third-order valence-corrected chi connectivity index (χ3v) is 4.67. The van der Waals surface area contributed by atoms with Gasteiger partial charge >= 0.3 is 0 Å². The molecule has 0 heterocycles. The van der Waals surface area contributed by atoms with Gasteiger partial charge in [0.1, 0.15) is 11.5 Å². The third-order valence-electron chi connectivity index (χ3n) is 4.67. The van der Waals surface area contributed by atoms with E-state index in [9.17, 15) is 4.79 Å². The van der Waals surface area contributed by atoms with Crippen LogP contribution in [-0.4, -0.2) is 19.1 Å². The molecule has 0 aliphatic heterocycles. The highest BCUT2D eigenvalue weighted by Crippen LogP contribution is 2.26. The zero-order valence-electron chi connectivity index (χ0n) is 15.9. The average molecular weight is 363 g/mol. The first-order valence-electron chi connectivity index (χ1n) is 9.21. The van der Waals surface area contributed by atoms with E-state index in [4.69, 9.17) is 9.47 Å². The van der Waals surface area contributed by atoms with Crippen LogP contribution >= 0.6 is 0 Å². The fourth-order valence-electron chi connectivity index (χ4n) is 3.09.